The van der Waals surface area contributed by atoms with Gasteiger partial charge in [0.25, 0.3) is 0 Å². The summed E-state index contributed by atoms with van der Waals surface area (Å²) in [5, 5.41) is 2.99. The number of methoxy groups -OCH3 is 1. The molecule has 0 unspecified atom stereocenters. The van der Waals surface area contributed by atoms with Crippen LogP contribution in [0.15, 0.2) is 16.6 Å². The minimum atomic E-state index is -0.433. The topological polar surface area (TPSA) is 64.6 Å². The molecule has 1 N–H and O–H groups in total. The Balaban J connectivity index is 1.90. The van der Waals surface area contributed by atoms with Crippen molar-refractivity contribution in [1.29, 1.82) is 0 Å². The first-order chi connectivity index (χ1) is 13.0. The third-order valence-electron chi connectivity index (χ3n) is 4.93. The molecule has 0 heterocycles. The number of carbonyl (C=O) groups is 2. The van der Waals surface area contributed by atoms with E-state index in [1.54, 1.807) is 6.07 Å². The predicted octanol–water partition coefficient (Wildman–Crippen LogP) is 5.40. The van der Waals surface area contributed by atoms with Crippen molar-refractivity contribution in [3.63, 3.8) is 0 Å². The van der Waals surface area contributed by atoms with Crippen LogP contribution in [0.1, 0.15) is 55.8 Å². The number of ether oxygens (including phenoxy) is 2. The van der Waals surface area contributed by atoms with Gasteiger partial charge in [0.2, 0.25) is 5.91 Å². The average molecular weight is 552 g/mol. The van der Waals surface area contributed by atoms with Crippen LogP contribution in [-0.2, 0) is 14.3 Å². The maximum atomic E-state index is 12.7. The summed E-state index contributed by atoms with van der Waals surface area (Å²) in [6, 6.07) is 3.48. The van der Waals surface area contributed by atoms with Crippen molar-refractivity contribution < 1.29 is 19.1 Å². The van der Waals surface area contributed by atoms with Crippen LogP contribution >= 0.6 is 38.5 Å². The molecule has 27 heavy (non-hydrogen) atoms. The molecule has 1 aliphatic rings. The van der Waals surface area contributed by atoms with E-state index in [9.17, 15) is 9.59 Å². The zero-order chi connectivity index (χ0) is 19.8. The highest BCUT2D eigenvalue weighted by atomic mass is 127. The number of rotatable bonds is 8. The summed E-state index contributed by atoms with van der Waals surface area (Å²) < 4.78 is 12.1. The minimum absolute atomic E-state index is 0.0120. The Labute approximate surface area is 183 Å². The highest BCUT2D eigenvalue weighted by Crippen LogP contribution is 2.32. The normalized spacial score (nSPS) is 19.6. The smallest absolute Gasteiger partial charge is 0.339 e. The number of esters is 1. The van der Waals surface area contributed by atoms with E-state index >= 15 is 0 Å². The van der Waals surface area contributed by atoms with E-state index in [0.717, 1.165) is 55.3 Å². The fraction of sp³-hybridized carbons (Fsp3) is 0.600. The summed E-state index contributed by atoms with van der Waals surface area (Å²) in [4.78, 5) is 24.6. The Hall–Kier alpha value is -0.670. The Bertz CT molecular complexity index is 660. The molecule has 7 heteroatoms. The van der Waals surface area contributed by atoms with Gasteiger partial charge in [0.1, 0.15) is 0 Å². The Morgan fingerprint density at radius 1 is 1.26 bits per heavy atom. The largest absolute Gasteiger partial charge is 0.465 e. The van der Waals surface area contributed by atoms with Gasteiger partial charge in [-0.3, -0.25) is 4.79 Å². The van der Waals surface area contributed by atoms with Gasteiger partial charge in [-0.15, -0.1) is 0 Å². The lowest BCUT2D eigenvalue weighted by atomic mass is 9.82. The number of hydrogen-bond acceptors (Lipinski definition) is 4. The molecular formula is C20H27BrINO4. The Morgan fingerprint density at radius 3 is 2.59 bits per heavy atom. The SMILES string of the molecule is CCCCOC[C@H]1CC[C@H](C(=O)Nc2cc(C(=O)OC)c(Br)cc2I)CC1. The molecule has 0 atom stereocenters. The third kappa shape index (κ3) is 6.71. The van der Waals surface area contributed by atoms with Gasteiger partial charge >= 0.3 is 5.97 Å². The van der Waals surface area contributed by atoms with E-state index in [-0.39, 0.29) is 11.8 Å². The van der Waals surface area contributed by atoms with Gasteiger partial charge in [0, 0.05) is 27.2 Å². The van der Waals surface area contributed by atoms with Crippen LogP contribution in [0.3, 0.4) is 0 Å². The average Bonchev–Trinajstić information content (AvgIpc) is 2.67. The number of anilines is 1. The highest BCUT2D eigenvalue weighted by Gasteiger charge is 2.27. The maximum Gasteiger partial charge on any atom is 0.339 e. The molecular weight excluding hydrogens is 525 g/mol. The van der Waals surface area contributed by atoms with Gasteiger partial charge < -0.3 is 14.8 Å². The number of benzene rings is 1. The lowest BCUT2D eigenvalue weighted by molar-refractivity contribution is -0.121. The molecule has 2 rings (SSSR count). The van der Waals surface area contributed by atoms with Crippen LogP contribution in [0.5, 0.6) is 0 Å². The summed E-state index contributed by atoms with van der Waals surface area (Å²) in [6.45, 7) is 3.80. The molecule has 0 spiro atoms. The minimum Gasteiger partial charge on any atom is -0.465 e. The van der Waals surface area contributed by atoms with E-state index in [4.69, 9.17) is 9.47 Å². The van der Waals surface area contributed by atoms with E-state index in [2.05, 4.69) is 50.8 Å². The van der Waals surface area contributed by atoms with Crippen LogP contribution in [0, 0.1) is 15.4 Å². The predicted molar refractivity (Wildman–Crippen MR) is 118 cm³/mol. The Morgan fingerprint density at radius 2 is 1.96 bits per heavy atom. The second kappa shape index (κ2) is 11.4. The molecule has 5 nitrogen and oxygen atoms in total. The van der Waals surface area contributed by atoms with Gasteiger partial charge in [-0.25, -0.2) is 4.79 Å². The number of halogens is 2. The molecule has 1 fully saturated rings. The molecule has 1 saturated carbocycles. The summed E-state index contributed by atoms with van der Waals surface area (Å²) in [5.41, 5.74) is 1.05. The van der Waals surface area contributed by atoms with Crippen LogP contribution in [0.25, 0.3) is 0 Å². The number of unbranched alkanes of at least 4 members (excludes halogenated alkanes) is 1. The van der Waals surface area contributed by atoms with Crippen molar-refractivity contribution in [1.82, 2.24) is 0 Å². The summed E-state index contributed by atoms with van der Waals surface area (Å²) in [6.07, 6.45) is 6.07. The van der Waals surface area contributed by atoms with Crippen molar-refractivity contribution in [2.24, 2.45) is 11.8 Å². The lowest BCUT2D eigenvalue weighted by Gasteiger charge is -2.27. The molecule has 0 radical (unpaired) electrons. The third-order valence-corrected chi connectivity index (χ3v) is 6.48. The van der Waals surface area contributed by atoms with E-state index in [1.165, 1.54) is 7.11 Å². The molecule has 1 aromatic carbocycles. The van der Waals surface area contributed by atoms with Gasteiger partial charge in [-0.2, -0.15) is 0 Å². The van der Waals surface area contributed by atoms with E-state index < -0.39 is 5.97 Å². The number of hydrogen-bond donors (Lipinski definition) is 1. The first-order valence-corrected chi connectivity index (χ1v) is 11.3. The van der Waals surface area contributed by atoms with Crippen molar-refractivity contribution in [2.75, 3.05) is 25.6 Å². The van der Waals surface area contributed by atoms with E-state index in [0.29, 0.717) is 21.6 Å². The zero-order valence-corrected chi connectivity index (χ0v) is 19.6. The highest BCUT2D eigenvalue weighted by molar-refractivity contribution is 14.1. The van der Waals surface area contributed by atoms with Crippen molar-refractivity contribution in [2.45, 2.75) is 45.4 Å². The van der Waals surface area contributed by atoms with Gasteiger partial charge in [0.05, 0.1) is 18.4 Å². The molecule has 1 aliphatic carbocycles. The number of nitrogens with one attached hydrogen (secondary N) is 1. The summed E-state index contributed by atoms with van der Waals surface area (Å²) >= 11 is 5.53. The number of amides is 1. The first-order valence-electron chi connectivity index (χ1n) is 9.42. The molecule has 0 bridgehead atoms. The standard InChI is InChI=1S/C20H27BrINO4/c1-3-4-9-27-12-13-5-7-14(8-6-13)19(24)23-18-10-15(20(25)26-2)16(21)11-17(18)22/h10-11,13-14H,3-9,12H2,1-2H3,(H,23,24)/t13-,14-. The van der Waals surface area contributed by atoms with Gasteiger partial charge in [-0.1, -0.05) is 13.3 Å². The molecule has 150 valence electrons. The van der Waals surface area contributed by atoms with E-state index in [1.807, 2.05) is 6.07 Å². The van der Waals surface area contributed by atoms with Crippen molar-refractivity contribution in [3.05, 3.63) is 25.7 Å². The van der Waals surface area contributed by atoms with Gasteiger partial charge in [-0.05, 0) is 88.7 Å². The zero-order valence-electron chi connectivity index (χ0n) is 15.9. The monoisotopic (exact) mass is 551 g/mol. The van der Waals surface area contributed by atoms with Crippen LogP contribution < -0.4 is 5.32 Å². The fourth-order valence-corrected chi connectivity index (χ4v) is 4.77. The summed E-state index contributed by atoms with van der Waals surface area (Å²) in [5.74, 6) is 0.163. The van der Waals surface area contributed by atoms with Crippen molar-refractivity contribution in [3.8, 4) is 0 Å². The van der Waals surface area contributed by atoms with Crippen molar-refractivity contribution >= 4 is 56.1 Å². The van der Waals surface area contributed by atoms with Crippen LogP contribution in [-0.4, -0.2) is 32.2 Å². The first kappa shape index (κ1) is 22.6. The fourth-order valence-electron chi connectivity index (χ4n) is 3.23. The number of carbonyl (C=O) groups excluding carboxylic acids is 2. The van der Waals surface area contributed by atoms with Crippen LogP contribution in [0.4, 0.5) is 5.69 Å². The Kier molecular flexibility index (Phi) is 9.52. The van der Waals surface area contributed by atoms with Crippen LogP contribution in [0.2, 0.25) is 0 Å². The second-order valence-electron chi connectivity index (χ2n) is 6.94. The molecule has 1 aromatic rings. The summed E-state index contributed by atoms with van der Waals surface area (Å²) in [7, 11) is 1.34. The molecule has 0 aromatic heterocycles. The lowest BCUT2D eigenvalue weighted by Crippen LogP contribution is -2.29. The molecule has 1 amide bonds. The quantitative estimate of drug-likeness (QED) is 0.267. The maximum absolute atomic E-state index is 12.7. The van der Waals surface area contributed by atoms with Gasteiger partial charge in [0.15, 0.2) is 0 Å². The second-order valence-corrected chi connectivity index (χ2v) is 8.96. The molecule has 0 aliphatic heterocycles. The molecule has 0 saturated heterocycles.